The molecule has 0 bridgehead atoms. The van der Waals surface area contributed by atoms with Gasteiger partial charge in [0, 0.05) is 36.5 Å². The van der Waals surface area contributed by atoms with Crippen LogP contribution in [-0.4, -0.2) is 33.4 Å². The third kappa shape index (κ3) is 3.44. The maximum Gasteiger partial charge on any atom is 0.153 e. The molecular formula is C16H23N5O. The Morgan fingerprint density at radius 3 is 2.50 bits per heavy atom. The first-order valence-electron chi connectivity index (χ1n) is 7.81. The zero-order chi connectivity index (χ0) is 15.5. The number of hydrogen-bond donors (Lipinski definition) is 2. The number of anilines is 2. The van der Waals surface area contributed by atoms with Crippen LogP contribution in [0.3, 0.4) is 0 Å². The summed E-state index contributed by atoms with van der Waals surface area (Å²) >= 11 is 0. The second kappa shape index (κ2) is 6.44. The van der Waals surface area contributed by atoms with Crippen LogP contribution in [0.5, 0.6) is 0 Å². The summed E-state index contributed by atoms with van der Waals surface area (Å²) in [6.45, 7) is 3.98. The number of aryl methyl sites for hydroxylation is 2. The van der Waals surface area contributed by atoms with Gasteiger partial charge in [-0.3, -0.25) is 5.10 Å². The van der Waals surface area contributed by atoms with Crippen LogP contribution in [0.1, 0.15) is 48.8 Å². The number of aromatic nitrogens is 4. The van der Waals surface area contributed by atoms with Gasteiger partial charge in [0.25, 0.3) is 0 Å². The van der Waals surface area contributed by atoms with E-state index in [1.54, 1.807) is 7.11 Å². The molecule has 2 aromatic rings. The third-order valence-corrected chi connectivity index (χ3v) is 4.21. The lowest BCUT2D eigenvalue weighted by Crippen LogP contribution is -2.20. The summed E-state index contributed by atoms with van der Waals surface area (Å²) in [6.07, 6.45) is 4.73. The molecule has 0 atom stereocenters. The predicted molar refractivity (Wildman–Crippen MR) is 85.4 cm³/mol. The first-order valence-corrected chi connectivity index (χ1v) is 7.81. The average Bonchev–Trinajstić information content (AvgIpc) is 2.92. The monoisotopic (exact) mass is 301 g/mol. The van der Waals surface area contributed by atoms with E-state index in [0.717, 1.165) is 54.5 Å². The minimum Gasteiger partial charge on any atom is -0.381 e. The molecule has 0 aliphatic heterocycles. The van der Waals surface area contributed by atoms with E-state index in [-0.39, 0.29) is 0 Å². The zero-order valence-electron chi connectivity index (χ0n) is 13.4. The Hall–Kier alpha value is -1.95. The van der Waals surface area contributed by atoms with Crippen molar-refractivity contribution < 1.29 is 4.74 Å². The Balaban J connectivity index is 1.75. The summed E-state index contributed by atoms with van der Waals surface area (Å²) in [5.41, 5.74) is 2.00. The van der Waals surface area contributed by atoms with Crippen molar-refractivity contribution in [1.82, 2.24) is 20.2 Å². The number of ether oxygens (including phenoxy) is 1. The number of rotatable bonds is 4. The number of nitrogens with one attached hydrogen (secondary N) is 2. The van der Waals surface area contributed by atoms with E-state index in [4.69, 9.17) is 9.72 Å². The first kappa shape index (κ1) is 15.0. The smallest absolute Gasteiger partial charge is 0.153 e. The summed E-state index contributed by atoms with van der Waals surface area (Å²) in [5, 5.41) is 10.4. The highest BCUT2D eigenvalue weighted by Gasteiger charge is 2.24. The summed E-state index contributed by atoms with van der Waals surface area (Å²) in [6, 6.07) is 3.91. The Kier molecular flexibility index (Phi) is 4.38. The molecule has 3 rings (SSSR count). The van der Waals surface area contributed by atoms with Crippen LogP contribution in [0.25, 0.3) is 0 Å². The van der Waals surface area contributed by atoms with Crippen molar-refractivity contribution in [2.45, 2.75) is 51.6 Å². The van der Waals surface area contributed by atoms with E-state index in [0.29, 0.717) is 12.0 Å². The van der Waals surface area contributed by atoms with Gasteiger partial charge in [-0.25, -0.2) is 9.97 Å². The van der Waals surface area contributed by atoms with Crippen molar-refractivity contribution in [2.24, 2.45) is 0 Å². The van der Waals surface area contributed by atoms with Crippen LogP contribution in [0, 0.1) is 13.8 Å². The number of methoxy groups -OCH3 is 1. The number of aromatic amines is 1. The molecule has 0 unspecified atom stereocenters. The lowest BCUT2D eigenvalue weighted by atomic mass is 9.87. The fraction of sp³-hybridized carbons (Fsp3) is 0.562. The molecule has 1 saturated carbocycles. The van der Waals surface area contributed by atoms with Crippen molar-refractivity contribution >= 4 is 11.6 Å². The van der Waals surface area contributed by atoms with Crippen molar-refractivity contribution in [3.05, 3.63) is 29.3 Å². The standard InChI is InChI=1S/C16H23N5O/c1-10-8-14(18-15-9-11(2)20-21-15)19-16(17-10)12-4-6-13(22-3)7-5-12/h8-9,12-13H,4-7H2,1-3H3,(H2,17,18,19,20,21). The van der Waals surface area contributed by atoms with Crippen LogP contribution >= 0.6 is 0 Å². The molecule has 22 heavy (non-hydrogen) atoms. The van der Waals surface area contributed by atoms with Crippen LogP contribution in [0.2, 0.25) is 0 Å². The third-order valence-electron chi connectivity index (χ3n) is 4.21. The quantitative estimate of drug-likeness (QED) is 0.906. The molecule has 0 aromatic carbocycles. The second-order valence-corrected chi connectivity index (χ2v) is 6.02. The van der Waals surface area contributed by atoms with Gasteiger partial charge in [0.2, 0.25) is 0 Å². The van der Waals surface area contributed by atoms with Gasteiger partial charge in [0.05, 0.1) is 6.10 Å². The van der Waals surface area contributed by atoms with Gasteiger partial charge in [0.15, 0.2) is 5.82 Å². The average molecular weight is 301 g/mol. The van der Waals surface area contributed by atoms with Crippen molar-refractivity contribution in [3.8, 4) is 0 Å². The van der Waals surface area contributed by atoms with Crippen LogP contribution in [-0.2, 0) is 4.74 Å². The highest BCUT2D eigenvalue weighted by atomic mass is 16.5. The predicted octanol–water partition coefficient (Wildman–Crippen LogP) is 3.23. The van der Waals surface area contributed by atoms with Gasteiger partial charge < -0.3 is 10.1 Å². The van der Waals surface area contributed by atoms with Gasteiger partial charge >= 0.3 is 0 Å². The summed E-state index contributed by atoms with van der Waals surface area (Å²) in [4.78, 5) is 9.33. The zero-order valence-corrected chi connectivity index (χ0v) is 13.4. The molecule has 0 saturated heterocycles. The normalized spacial score (nSPS) is 21.8. The highest BCUT2D eigenvalue weighted by Crippen LogP contribution is 2.32. The van der Waals surface area contributed by atoms with Gasteiger partial charge in [-0.2, -0.15) is 5.10 Å². The molecule has 0 amide bonds. The minimum absolute atomic E-state index is 0.394. The van der Waals surface area contributed by atoms with Gasteiger partial charge in [-0.05, 0) is 39.5 Å². The number of H-pyrrole nitrogens is 1. The fourth-order valence-corrected chi connectivity index (χ4v) is 3.01. The highest BCUT2D eigenvalue weighted by molar-refractivity contribution is 5.52. The Labute approximate surface area is 130 Å². The Morgan fingerprint density at radius 1 is 1.09 bits per heavy atom. The van der Waals surface area contributed by atoms with E-state index in [2.05, 4.69) is 20.5 Å². The summed E-state index contributed by atoms with van der Waals surface area (Å²) in [5.74, 6) is 2.95. The number of hydrogen-bond acceptors (Lipinski definition) is 5. The van der Waals surface area contributed by atoms with E-state index in [1.165, 1.54) is 0 Å². The van der Waals surface area contributed by atoms with Crippen molar-refractivity contribution in [1.29, 1.82) is 0 Å². The topological polar surface area (TPSA) is 75.7 Å². The lowest BCUT2D eigenvalue weighted by Gasteiger charge is -2.26. The maximum atomic E-state index is 5.44. The maximum absolute atomic E-state index is 5.44. The summed E-state index contributed by atoms with van der Waals surface area (Å²) < 4.78 is 5.44. The van der Waals surface area contributed by atoms with Crippen LogP contribution in [0.4, 0.5) is 11.6 Å². The van der Waals surface area contributed by atoms with Crippen molar-refractivity contribution in [3.63, 3.8) is 0 Å². The van der Waals surface area contributed by atoms with Crippen LogP contribution < -0.4 is 5.32 Å². The van der Waals surface area contributed by atoms with Crippen LogP contribution in [0.15, 0.2) is 12.1 Å². The molecule has 2 heterocycles. The minimum atomic E-state index is 0.394. The molecule has 1 aliphatic carbocycles. The SMILES string of the molecule is COC1CCC(c2nc(C)cc(Nc3cc(C)[nH]n3)n2)CC1. The second-order valence-electron chi connectivity index (χ2n) is 6.02. The molecule has 6 nitrogen and oxygen atoms in total. The molecule has 2 aromatic heterocycles. The van der Waals surface area contributed by atoms with E-state index in [1.807, 2.05) is 26.0 Å². The molecular weight excluding hydrogens is 278 g/mol. The molecule has 6 heteroatoms. The first-order chi connectivity index (χ1) is 10.6. The van der Waals surface area contributed by atoms with E-state index < -0.39 is 0 Å². The number of nitrogens with zero attached hydrogens (tertiary/aromatic N) is 3. The largest absolute Gasteiger partial charge is 0.381 e. The lowest BCUT2D eigenvalue weighted by molar-refractivity contribution is 0.0651. The van der Waals surface area contributed by atoms with Crippen molar-refractivity contribution in [2.75, 3.05) is 12.4 Å². The van der Waals surface area contributed by atoms with Gasteiger partial charge in [-0.15, -0.1) is 0 Å². The molecule has 1 aliphatic rings. The molecule has 0 radical (unpaired) electrons. The summed E-state index contributed by atoms with van der Waals surface area (Å²) in [7, 11) is 1.79. The molecule has 2 N–H and O–H groups in total. The molecule has 1 fully saturated rings. The van der Waals surface area contributed by atoms with Gasteiger partial charge in [-0.1, -0.05) is 0 Å². The van der Waals surface area contributed by atoms with E-state index in [9.17, 15) is 0 Å². The van der Waals surface area contributed by atoms with E-state index >= 15 is 0 Å². The fourth-order valence-electron chi connectivity index (χ4n) is 3.01. The van der Waals surface area contributed by atoms with Gasteiger partial charge in [0.1, 0.15) is 11.6 Å². The Morgan fingerprint density at radius 2 is 1.86 bits per heavy atom. The molecule has 118 valence electrons. The Bertz CT molecular complexity index is 631. The molecule has 0 spiro atoms.